The van der Waals surface area contributed by atoms with Crippen LogP contribution in [-0.2, 0) is 11.2 Å². The molecule has 2 atom stereocenters. The van der Waals surface area contributed by atoms with Crippen molar-refractivity contribution in [3.8, 4) is 16.9 Å². The second-order valence-corrected chi connectivity index (χ2v) is 8.80. The third-order valence-electron chi connectivity index (χ3n) is 6.79. The molecule has 3 saturated heterocycles. The molecule has 1 aliphatic carbocycles. The van der Waals surface area contributed by atoms with Crippen molar-refractivity contribution in [1.29, 1.82) is 0 Å². The number of piperidine rings is 3. The SMILES string of the molecule is O=C(NC1CCc2ccc(-c3ccc(OC(F)(F)F)cc3)cc21)O[C@@H]1CN2CCC1CC2. The average Bonchev–Trinajstić information content (AvgIpc) is 3.16. The van der Waals surface area contributed by atoms with E-state index in [0.29, 0.717) is 5.92 Å². The number of hydrogen-bond donors (Lipinski definition) is 1. The van der Waals surface area contributed by atoms with E-state index in [1.807, 2.05) is 18.2 Å². The first-order valence-corrected chi connectivity index (χ1v) is 11.0. The first kappa shape index (κ1) is 21.1. The van der Waals surface area contributed by atoms with Gasteiger partial charge in [-0.05, 0) is 85.1 Å². The van der Waals surface area contributed by atoms with Gasteiger partial charge in [-0.2, -0.15) is 0 Å². The second kappa shape index (κ2) is 8.31. The zero-order chi connectivity index (χ0) is 22.3. The van der Waals surface area contributed by atoms with E-state index >= 15 is 0 Å². The molecular weight excluding hydrogens is 421 g/mol. The number of alkyl halides is 3. The molecule has 3 aliphatic heterocycles. The highest BCUT2D eigenvalue weighted by Gasteiger charge is 2.37. The van der Waals surface area contributed by atoms with E-state index in [4.69, 9.17) is 4.74 Å². The molecule has 170 valence electrons. The molecule has 5 nitrogen and oxygen atoms in total. The Morgan fingerprint density at radius 3 is 2.38 bits per heavy atom. The van der Waals surface area contributed by atoms with E-state index in [2.05, 4.69) is 15.0 Å². The molecule has 0 saturated carbocycles. The summed E-state index contributed by atoms with van der Waals surface area (Å²) in [6.07, 6.45) is -1.30. The van der Waals surface area contributed by atoms with Crippen molar-refractivity contribution >= 4 is 6.09 Å². The van der Waals surface area contributed by atoms with Crippen molar-refractivity contribution in [2.45, 2.75) is 44.2 Å². The predicted molar refractivity (Wildman–Crippen MR) is 112 cm³/mol. The van der Waals surface area contributed by atoms with Crippen LogP contribution < -0.4 is 10.1 Å². The van der Waals surface area contributed by atoms with Gasteiger partial charge in [0.25, 0.3) is 0 Å². The minimum absolute atomic E-state index is 0.0397. The molecule has 1 unspecified atom stereocenters. The summed E-state index contributed by atoms with van der Waals surface area (Å²) in [7, 11) is 0. The number of fused-ring (bicyclic) bond motifs is 4. The van der Waals surface area contributed by atoms with Crippen LogP contribution in [0.4, 0.5) is 18.0 Å². The van der Waals surface area contributed by atoms with Crippen LogP contribution in [0.2, 0.25) is 0 Å². The van der Waals surface area contributed by atoms with Crippen LogP contribution in [0.15, 0.2) is 42.5 Å². The Hall–Kier alpha value is -2.74. The summed E-state index contributed by atoms with van der Waals surface area (Å²) in [4.78, 5) is 14.9. The van der Waals surface area contributed by atoms with Crippen molar-refractivity contribution < 1.29 is 27.4 Å². The van der Waals surface area contributed by atoms with Crippen LogP contribution in [0, 0.1) is 5.92 Å². The number of ether oxygens (including phenoxy) is 2. The molecule has 1 N–H and O–H groups in total. The zero-order valence-corrected chi connectivity index (χ0v) is 17.5. The second-order valence-electron chi connectivity index (χ2n) is 8.80. The van der Waals surface area contributed by atoms with Crippen molar-refractivity contribution in [3.05, 3.63) is 53.6 Å². The predicted octanol–water partition coefficient (Wildman–Crippen LogP) is 5.06. The van der Waals surface area contributed by atoms with Crippen LogP contribution in [0.25, 0.3) is 11.1 Å². The molecule has 1 amide bonds. The van der Waals surface area contributed by atoms with E-state index in [9.17, 15) is 18.0 Å². The number of nitrogens with one attached hydrogen (secondary N) is 1. The molecule has 2 bridgehead atoms. The van der Waals surface area contributed by atoms with Gasteiger partial charge in [0.15, 0.2) is 0 Å². The number of hydrogen-bond acceptors (Lipinski definition) is 4. The largest absolute Gasteiger partial charge is 0.573 e. The maximum atomic E-state index is 12.6. The Labute approximate surface area is 184 Å². The quantitative estimate of drug-likeness (QED) is 0.713. The van der Waals surface area contributed by atoms with E-state index in [1.165, 1.54) is 17.7 Å². The lowest BCUT2D eigenvalue weighted by atomic mass is 9.86. The van der Waals surface area contributed by atoms with Crippen LogP contribution in [-0.4, -0.2) is 43.1 Å². The Balaban J connectivity index is 1.26. The normalized spacial score (nSPS) is 26.5. The molecule has 8 heteroatoms. The highest BCUT2D eigenvalue weighted by molar-refractivity contribution is 5.70. The van der Waals surface area contributed by atoms with Crippen LogP contribution in [0.1, 0.15) is 36.4 Å². The lowest BCUT2D eigenvalue weighted by Gasteiger charge is -2.43. The standard InChI is InChI=1S/C24H25F3N2O3/c25-24(26,27)32-19-6-3-15(4-7-19)18-2-1-16-5-8-21(20(16)13-18)28-23(30)31-22-14-29-11-9-17(22)10-12-29/h1-4,6-7,13,17,21-22H,5,8-12,14H2,(H,28,30)/t21?,22-/m1/s1. The highest BCUT2D eigenvalue weighted by atomic mass is 19.4. The number of carbonyl (C=O) groups is 1. The first-order chi connectivity index (χ1) is 15.3. The third kappa shape index (κ3) is 4.55. The molecule has 2 aromatic rings. The van der Waals surface area contributed by atoms with Gasteiger partial charge >= 0.3 is 12.5 Å². The number of alkyl carbamates (subject to hydrolysis) is 1. The Morgan fingerprint density at radius 2 is 1.72 bits per heavy atom. The van der Waals surface area contributed by atoms with Gasteiger partial charge in [-0.15, -0.1) is 13.2 Å². The molecule has 32 heavy (non-hydrogen) atoms. The van der Waals surface area contributed by atoms with E-state index < -0.39 is 6.36 Å². The minimum Gasteiger partial charge on any atom is -0.445 e. The average molecular weight is 446 g/mol. The Morgan fingerprint density at radius 1 is 1.00 bits per heavy atom. The van der Waals surface area contributed by atoms with Gasteiger partial charge in [-0.3, -0.25) is 4.90 Å². The highest BCUT2D eigenvalue weighted by Crippen LogP contribution is 2.36. The van der Waals surface area contributed by atoms with E-state index in [0.717, 1.165) is 62.0 Å². The number of rotatable bonds is 4. The summed E-state index contributed by atoms with van der Waals surface area (Å²) in [6.45, 7) is 3.00. The van der Waals surface area contributed by atoms with E-state index in [-0.39, 0.29) is 24.0 Å². The number of benzene rings is 2. The molecule has 2 aromatic carbocycles. The van der Waals surface area contributed by atoms with Gasteiger partial charge in [0, 0.05) is 6.54 Å². The van der Waals surface area contributed by atoms with Crippen molar-refractivity contribution in [3.63, 3.8) is 0 Å². The fraction of sp³-hybridized carbons (Fsp3) is 0.458. The smallest absolute Gasteiger partial charge is 0.445 e. The van der Waals surface area contributed by atoms with Gasteiger partial charge < -0.3 is 14.8 Å². The van der Waals surface area contributed by atoms with Crippen LogP contribution >= 0.6 is 0 Å². The number of halogens is 3. The van der Waals surface area contributed by atoms with Gasteiger partial charge in [-0.1, -0.05) is 24.3 Å². The van der Waals surface area contributed by atoms with Gasteiger partial charge in [0.1, 0.15) is 11.9 Å². The van der Waals surface area contributed by atoms with Crippen molar-refractivity contribution in [1.82, 2.24) is 10.2 Å². The zero-order valence-electron chi connectivity index (χ0n) is 17.5. The topological polar surface area (TPSA) is 50.8 Å². The van der Waals surface area contributed by atoms with Gasteiger partial charge in [0.05, 0.1) is 6.04 Å². The van der Waals surface area contributed by atoms with Crippen LogP contribution in [0.3, 0.4) is 0 Å². The summed E-state index contributed by atoms with van der Waals surface area (Å²) in [5.74, 6) is 0.204. The fourth-order valence-corrected chi connectivity index (χ4v) is 5.14. The van der Waals surface area contributed by atoms with E-state index in [1.54, 1.807) is 12.1 Å². The molecule has 3 heterocycles. The maximum absolute atomic E-state index is 12.6. The Bertz CT molecular complexity index is 985. The minimum atomic E-state index is -4.71. The molecule has 0 aromatic heterocycles. The van der Waals surface area contributed by atoms with Crippen LogP contribution in [0.5, 0.6) is 5.75 Å². The van der Waals surface area contributed by atoms with Gasteiger partial charge in [-0.25, -0.2) is 4.79 Å². The summed E-state index contributed by atoms with van der Waals surface area (Å²) >= 11 is 0. The maximum Gasteiger partial charge on any atom is 0.573 e. The molecule has 4 aliphatic rings. The van der Waals surface area contributed by atoms with Crippen molar-refractivity contribution in [2.75, 3.05) is 19.6 Å². The molecule has 6 rings (SSSR count). The summed E-state index contributed by atoms with van der Waals surface area (Å²) in [5.41, 5.74) is 3.85. The van der Waals surface area contributed by atoms with Gasteiger partial charge in [0.2, 0.25) is 0 Å². The number of aryl methyl sites for hydroxylation is 1. The number of amides is 1. The lowest BCUT2D eigenvalue weighted by Crippen LogP contribution is -2.52. The lowest BCUT2D eigenvalue weighted by molar-refractivity contribution is -0.274. The summed E-state index contributed by atoms with van der Waals surface area (Å²) < 4.78 is 46.9. The molecule has 3 fully saturated rings. The summed E-state index contributed by atoms with van der Waals surface area (Å²) in [5, 5.41) is 3.03. The fourth-order valence-electron chi connectivity index (χ4n) is 5.14. The molecular formula is C24H25F3N2O3. The Kier molecular flexibility index (Phi) is 5.49. The van der Waals surface area contributed by atoms with Crippen molar-refractivity contribution in [2.24, 2.45) is 5.92 Å². The number of nitrogens with zero attached hydrogens (tertiary/aromatic N) is 1. The third-order valence-corrected chi connectivity index (χ3v) is 6.79. The summed E-state index contributed by atoms with van der Waals surface area (Å²) in [6, 6.07) is 11.6. The molecule has 0 radical (unpaired) electrons. The monoisotopic (exact) mass is 446 g/mol. The first-order valence-electron chi connectivity index (χ1n) is 11.0. The molecule has 0 spiro atoms. The number of carbonyl (C=O) groups excluding carboxylic acids is 1.